The second kappa shape index (κ2) is 15.2. The normalized spacial score (nSPS) is 12.9. The summed E-state index contributed by atoms with van der Waals surface area (Å²) in [4.78, 5) is 32.4. The molecule has 0 radical (unpaired) electrons. The predicted molar refractivity (Wildman–Crippen MR) is 164 cm³/mol. The number of halogens is 4. The van der Waals surface area contributed by atoms with E-state index in [4.69, 9.17) is 0 Å². The molecule has 0 saturated carbocycles. The Morgan fingerprint density at radius 1 is 0.978 bits per heavy atom. The maximum atomic E-state index is 13.4. The number of aliphatic hydroxyl groups is 1. The Kier molecular flexibility index (Phi) is 11.4. The molecular formula is C33H34F4N4O3S. The van der Waals surface area contributed by atoms with E-state index < -0.39 is 36.5 Å². The van der Waals surface area contributed by atoms with Crippen LogP contribution in [0, 0.1) is 6.92 Å². The van der Waals surface area contributed by atoms with Crippen molar-refractivity contribution >= 4 is 23.2 Å². The molecule has 0 saturated heterocycles. The number of aromatic nitrogens is 1. The third kappa shape index (κ3) is 9.68. The van der Waals surface area contributed by atoms with Crippen LogP contribution in [-0.2, 0) is 32.4 Å². The highest BCUT2D eigenvalue weighted by Gasteiger charge is 2.31. The van der Waals surface area contributed by atoms with Crippen LogP contribution >= 0.6 is 11.3 Å². The summed E-state index contributed by atoms with van der Waals surface area (Å²) < 4.78 is 53.0. The molecule has 2 atom stereocenters. The van der Waals surface area contributed by atoms with Crippen LogP contribution in [0.1, 0.15) is 53.7 Å². The number of aryl methyl sites for hydroxylation is 1. The number of hydrogen-bond donors (Lipinski definition) is 3. The molecule has 4 aromatic rings. The lowest BCUT2D eigenvalue weighted by Gasteiger charge is -2.25. The van der Waals surface area contributed by atoms with Gasteiger partial charge < -0.3 is 20.6 Å². The topological polar surface area (TPSA) is 94.6 Å². The number of aliphatic hydroxyl groups excluding tert-OH is 1. The minimum absolute atomic E-state index is 0.0573. The number of nitrogens with zero attached hydrogens (tertiary/aromatic N) is 2. The van der Waals surface area contributed by atoms with E-state index in [0.717, 1.165) is 28.4 Å². The SMILES string of the molecule is Cc1csc(CN(C)C(=O)c2cccc(C(=O)N[C@@H](Cc3ccccc3)[C@H](O)CNCc3cc(CF)cc(C(F)(F)F)c3)c2)n1. The van der Waals surface area contributed by atoms with E-state index in [2.05, 4.69) is 15.6 Å². The molecule has 1 aromatic heterocycles. The molecule has 0 bridgehead atoms. The van der Waals surface area contributed by atoms with Crippen molar-refractivity contribution in [2.75, 3.05) is 13.6 Å². The Morgan fingerprint density at radius 2 is 1.69 bits per heavy atom. The summed E-state index contributed by atoms with van der Waals surface area (Å²) in [6, 6.07) is 17.7. The van der Waals surface area contributed by atoms with Crippen LogP contribution in [0.5, 0.6) is 0 Å². The lowest BCUT2D eigenvalue weighted by Crippen LogP contribution is -2.48. The molecule has 2 amide bonds. The fourth-order valence-electron chi connectivity index (χ4n) is 4.78. The van der Waals surface area contributed by atoms with Crippen molar-refractivity contribution in [3.63, 3.8) is 0 Å². The molecular weight excluding hydrogens is 608 g/mol. The van der Waals surface area contributed by atoms with Gasteiger partial charge in [-0.3, -0.25) is 9.59 Å². The monoisotopic (exact) mass is 642 g/mol. The van der Waals surface area contributed by atoms with E-state index in [1.807, 2.05) is 42.6 Å². The Morgan fingerprint density at radius 3 is 2.36 bits per heavy atom. The predicted octanol–water partition coefficient (Wildman–Crippen LogP) is 5.70. The molecule has 45 heavy (non-hydrogen) atoms. The number of alkyl halides is 4. The van der Waals surface area contributed by atoms with Gasteiger partial charge in [0.1, 0.15) is 11.7 Å². The zero-order valence-electron chi connectivity index (χ0n) is 24.8. The third-order valence-corrected chi connectivity index (χ3v) is 8.01. The molecule has 0 aliphatic rings. The average molecular weight is 643 g/mol. The lowest BCUT2D eigenvalue weighted by atomic mass is 10.00. The largest absolute Gasteiger partial charge is 0.416 e. The van der Waals surface area contributed by atoms with Gasteiger partial charge >= 0.3 is 6.18 Å². The number of carbonyl (C=O) groups is 2. The maximum Gasteiger partial charge on any atom is 0.416 e. The molecule has 0 spiro atoms. The van der Waals surface area contributed by atoms with Gasteiger partial charge in [0.15, 0.2) is 0 Å². The van der Waals surface area contributed by atoms with Crippen molar-refractivity contribution in [1.29, 1.82) is 0 Å². The van der Waals surface area contributed by atoms with Crippen molar-refractivity contribution in [3.05, 3.63) is 122 Å². The van der Waals surface area contributed by atoms with Crippen LogP contribution in [0.4, 0.5) is 17.6 Å². The van der Waals surface area contributed by atoms with Gasteiger partial charge in [-0.2, -0.15) is 13.2 Å². The average Bonchev–Trinajstić information content (AvgIpc) is 3.44. The van der Waals surface area contributed by atoms with Gasteiger partial charge in [-0.05, 0) is 60.4 Å². The van der Waals surface area contributed by atoms with Crippen LogP contribution in [0.25, 0.3) is 0 Å². The zero-order chi connectivity index (χ0) is 32.6. The van der Waals surface area contributed by atoms with Crippen LogP contribution in [-0.4, -0.2) is 52.5 Å². The first-order chi connectivity index (χ1) is 21.4. The fraction of sp³-hybridized carbons (Fsp3) is 0.303. The molecule has 3 N–H and O–H groups in total. The Hall–Kier alpha value is -4.13. The summed E-state index contributed by atoms with van der Waals surface area (Å²) in [5, 5.41) is 19.6. The molecule has 0 aliphatic carbocycles. The summed E-state index contributed by atoms with van der Waals surface area (Å²) in [5.74, 6) is -0.790. The van der Waals surface area contributed by atoms with E-state index in [-0.39, 0.29) is 42.1 Å². The van der Waals surface area contributed by atoms with Crippen LogP contribution in [0.3, 0.4) is 0 Å². The zero-order valence-corrected chi connectivity index (χ0v) is 25.6. The molecule has 4 rings (SSSR count). The van der Waals surface area contributed by atoms with Crippen LogP contribution in [0.15, 0.2) is 78.2 Å². The molecule has 0 unspecified atom stereocenters. The Labute approximate surface area is 262 Å². The number of rotatable bonds is 13. The van der Waals surface area contributed by atoms with Crippen LogP contribution < -0.4 is 10.6 Å². The van der Waals surface area contributed by atoms with E-state index in [1.165, 1.54) is 28.4 Å². The first-order valence-corrected chi connectivity index (χ1v) is 15.1. The van der Waals surface area contributed by atoms with E-state index in [1.54, 1.807) is 25.2 Å². The van der Waals surface area contributed by atoms with Crippen molar-refractivity contribution in [2.24, 2.45) is 0 Å². The smallest absolute Gasteiger partial charge is 0.390 e. The number of carbonyl (C=O) groups excluding carboxylic acids is 2. The van der Waals surface area contributed by atoms with Crippen molar-refractivity contribution in [3.8, 4) is 0 Å². The van der Waals surface area contributed by atoms with E-state index in [0.29, 0.717) is 12.1 Å². The summed E-state index contributed by atoms with van der Waals surface area (Å²) in [7, 11) is 1.66. The number of benzene rings is 3. The van der Waals surface area contributed by atoms with E-state index >= 15 is 0 Å². The molecule has 3 aromatic carbocycles. The minimum atomic E-state index is -4.62. The van der Waals surface area contributed by atoms with Gasteiger partial charge in [-0.1, -0.05) is 42.5 Å². The second-order valence-electron chi connectivity index (χ2n) is 10.8. The third-order valence-electron chi connectivity index (χ3n) is 7.05. The molecule has 238 valence electrons. The molecule has 0 fully saturated rings. The number of nitrogens with one attached hydrogen (secondary N) is 2. The molecule has 12 heteroatoms. The first kappa shape index (κ1) is 33.8. The standard InChI is InChI=1S/C33H34F4N4O3S/c1-21-20-45-30(39-21)19-41(2)32(44)26-10-6-9-25(15-26)31(43)40-28(14-22-7-4-3-5-8-22)29(42)18-38-17-24-11-23(16-34)12-27(13-24)33(35,36)37/h3-13,15,20,28-29,38,42H,14,16-19H2,1-2H3,(H,40,43)/t28-,29+/m0/s1. The summed E-state index contributed by atoms with van der Waals surface area (Å²) in [6.45, 7) is 1.03. The highest BCUT2D eigenvalue weighted by Crippen LogP contribution is 2.31. The fourth-order valence-corrected chi connectivity index (χ4v) is 5.60. The minimum Gasteiger partial charge on any atom is -0.390 e. The highest BCUT2D eigenvalue weighted by atomic mass is 32.1. The summed E-state index contributed by atoms with van der Waals surface area (Å²) in [5.41, 5.74) is 1.42. The Balaban J connectivity index is 1.44. The quantitative estimate of drug-likeness (QED) is 0.163. The summed E-state index contributed by atoms with van der Waals surface area (Å²) in [6.07, 6.45) is -5.50. The van der Waals surface area contributed by atoms with Gasteiger partial charge in [-0.15, -0.1) is 11.3 Å². The number of thiazole rings is 1. The maximum absolute atomic E-state index is 13.4. The van der Waals surface area contributed by atoms with Crippen molar-refractivity contribution < 1.29 is 32.3 Å². The first-order valence-electron chi connectivity index (χ1n) is 14.2. The number of amides is 2. The number of hydrogen-bond acceptors (Lipinski definition) is 6. The van der Waals surface area contributed by atoms with Crippen molar-refractivity contribution in [1.82, 2.24) is 20.5 Å². The molecule has 0 aliphatic heterocycles. The van der Waals surface area contributed by atoms with Gasteiger partial charge in [0.25, 0.3) is 11.8 Å². The van der Waals surface area contributed by atoms with Gasteiger partial charge in [0.05, 0.1) is 24.3 Å². The van der Waals surface area contributed by atoms with Crippen molar-refractivity contribution in [2.45, 2.75) is 51.4 Å². The van der Waals surface area contributed by atoms with Gasteiger partial charge in [0, 0.05) is 42.3 Å². The Bertz CT molecular complexity index is 1600. The molecule has 7 nitrogen and oxygen atoms in total. The summed E-state index contributed by atoms with van der Waals surface area (Å²) >= 11 is 1.46. The highest BCUT2D eigenvalue weighted by molar-refractivity contribution is 7.09. The van der Waals surface area contributed by atoms with Crippen LogP contribution in [0.2, 0.25) is 0 Å². The lowest BCUT2D eigenvalue weighted by molar-refractivity contribution is -0.137. The van der Waals surface area contributed by atoms with Gasteiger partial charge in [-0.25, -0.2) is 9.37 Å². The second-order valence-corrected chi connectivity index (χ2v) is 11.7. The molecule has 1 heterocycles. The van der Waals surface area contributed by atoms with Gasteiger partial charge in [0.2, 0.25) is 0 Å². The van der Waals surface area contributed by atoms with E-state index in [9.17, 15) is 32.3 Å².